The number of rotatable bonds is 6. The van der Waals surface area contributed by atoms with Crippen LogP contribution in [0.15, 0.2) is 47.5 Å². The molecule has 0 heterocycles. The molecule has 0 aliphatic rings. The maximum Gasteiger partial charge on any atom is 0.335 e. The van der Waals surface area contributed by atoms with Gasteiger partial charge in [-0.25, -0.2) is 4.79 Å². The molecule has 6 nitrogen and oxygen atoms in total. The zero-order chi connectivity index (χ0) is 17.5. The number of nitrogens with zero attached hydrogens (tertiary/aromatic N) is 1. The Morgan fingerprint density at radius 1 is 1.12 bits per heavy atom. The number of aliphatic imine (C=N–C) groups is 1. The van der Waals surface area contributed by atoms with Crippen molar-refractivity contribution in [3.05, 3.63) is 53.6 Å². The van der Waals surface area contributed by atoms with Crippen molar-refractivity contribution >= 4 is 23.8 Å². The fourth-order valence-electron chi connectivity index (χ4n) is 1.95. The highest BCUT2D eigenvalue weighted by Gasteiger charge is 2.08. The first-order valence-electron chi connectivity index (χ1n) is 7.32. The van der Waals surface area contributed by atoms with Crippen molar-refractivity contribution in [3.8, 4) is 11.5 Å². The van der Waals surface area contributed by atoms with E-state index in [1.807, 2.05) is 6.92 Å². The fraction of sp³-hybridized carbons (Fsp3) is 0.167. The van der Waals surface area contributed by atoms with Gasteiger partial charge in [0, 0.05) is 13.1 Å². The highest BCUT2D eigenvalue weighted by atomic mass is 16.6. The van der Waals surface area contributed by atoms with Gasteiger partial charge >= 0.3 is 11.9 Å². The van der Waals surface area contributed by atoms with Gasteiger partial charge in [-0.15, -0.1) is 0 Å². The Hall–Kier alpha value is -3.15. The molecule has 2 rings (SSSR count). The average Bonchev–Trinajstić information content (AvgIpc) is 2.55. The van der Waals surface area contributed by atoms with Crippen LogP contribution in [0.4, 0.5) is 5.69 Å². The average molecular weight is 327 g/mol. The number of hydrogen-bond donors (Lipinski definition) is 1. The monoisotopic (exact) mass is 327 g/mol. The first-order chi connectivity index (χ1) is 11.5. The molecule has 24 heavy (non-hydrogen) atoms. The third-order valence-electron chi connectivity index (χ3n) is 3.00. The van der Waals surface area contributed by atoms with Crippen molar-refractivity contribution in [1.82, 2.24) is 0 Å². The molecule has 0 saturated carbocycles. The molecule has 2 aromatic carbocycles. The molecule has 0 radical (unpaired) electrons. The lowest BCUT2D eigenvalue weighted by molar-refractivity contribution is -0.132. The number of aromatic carboxylic acids is 1. The van der Waals surface area contributed by atoms with Crippen molar-refractivity contribution in [3.63, 3.8) is 0 Å². The van der Waals surface area contributed by atoms with E-state index in [1.54, 1.807) is 36.5 Å². The lowest BCUT2D eigenvalue weighted by Crippen LogP contribution is -2.04. The van der Waals surface area contributed by atoms with Gasteiger partial charge in [-0.2, -0.15) is 0 Å². The van der Waals surface area contributed by atoms with Crippen molar-refractivity contribution in [1.29, 1.82) is 0 Å². The van der Waals surface area contributed by atoms with Gasteiger partial charge < -0.3 is 14.6 Å². The smallest absolute Gasteiger partial charge is 0.335 e. The first-order valence-corrected chi connectivity index (χ1v) is 7.32. The highest BCUT2D eigenvalue weighted by molar-refractivity contribution is 5.88. The fourth-order valence-corrected chi connectivity index (χ4v) is 1.95. The Bertz CT molecular complexity index is 765. The Labute approximate surface area is 139 Å². The molecule has 0 aromatic heterocycles. The molecule has 6 heteroatoms. The second kappa shape index (κ2) is 7.92. The molecule has 0 atom stereocenters. The first kappa shape index (κ1) is 17.2. The molecule has 0 fully saturated rings. The lowest BCUT2D eigenvalue weighted by Gasteiger charge is -2.10. The summed E-state index contributed by atoms with van der Waals surface area (Å²) >= 11 is 0. The summed E-state index contributed by atoms with van der Waals surface area (Å²) in [5.41, 5.74) is 1.59. The van der Waals surface area contributed by atoms with Crippen molar-refractivity contribution in [2.24, 2.45) is 4.99 Å². The largest absolute Gasteiger partial charge is 0.490 e. The second-order valence-electron chi connectivity index (χ2n) is 4.84. The van der Waals surface area contributed by atoms with Gasteiger partial charge in [0.25, 0.3) is 0 Å². The number of benzene rings is 2. The Morgan fingerprint density at radius 3 is 2.42 bits per heavy atom. The van der Waals surface area contributed by atoms with E-state index in [4.69, 9.17) is 14.6 Å². The van der Waals surface area contributed by atoms with Crippen LogP contribution >= 0.6 is 0 Å². The number of carbonyl (C=O) groups is 2. The molecule has 0 spiro atoms. The summed E-state index contributed by atoms with van der Waals surface area (Å²) in [6, 6.07) is 11.3. The number of ether oxygens (including phenoxy) is 2. The van der Waals surface area contributed by atoms with Crippen LogP contribution in [-0.2, 0) is 4.79 Å². The van der Waals surface area contributed by atoms with Crippen molar-refractivity contribution < 1.29 is 24.2 Å². The summed E-state index contributed by atoms with van der Waals surface area (Å²) in [6.45, 7) is 3.60. The molecule has 0 saturated heterocycles. The maximum absolute atomic E-state index is 11.1. The van der Waals surface area contributed by atoms with E-state index >= 15 is 0 Å². The molecule has 0 aliphatic heterocycles. The van der Waals surface area contributed by atoms with Crippen LogP contribution in [0.25, 0.3) is 0 Å². The van der Waals surface area contributed by atoms with E-state index in [9.17, 15) is 9.59 Å². The Morgan fingerprint density at radius 2 is 1.83 bits per heavy atom. The summed E-state index contributed by atoms with van der Waals surface area (Å²) in [7, 11) is 0. The van der Waals surface area contributed by atoms with Gasteiger partial charge in [-0.1, -0.05) is 0 Å². The summed E-state index contributed by atoms with van der Waals surface area (Å²) in [5, 5.41) is 8.86. The Balaban J connectivity index is 2.20. The minimum absolute atomic E-state index is 0.207. The van der Waals surface area contributed by atoms with Crippen LogP contribution in [0.5, 0.6) is 11.5 Å². The predicted molar refractivity (Wildman–Crippen MR) is 89.6 cm³/mol. The second-order valence-corrected chi connectivity index (χ2v) is 4.84. The predicted octanol–water partition coefficient (Wildman–Crippen LogP) is 3.46. The van der Waals surface area contributed by atoms with Crippen LogP contribution in [0, 0.1) is 0 Å². The summed E-state index contributed by atoms with van der Waals surface area (Å²) in [6.07, 6.45) is 1.62. The van der Waals surface area contributed by atoms with Crippen LogP contribution in [-0.4, -0.2) is 29.9 Å². The van der Waals surface area contributed by atoms with Crippen LogP contribution in [0.3, 0.4) is 0 Å². The molecule has 1 N–H and O–H groups in total. The molecular weight excluding hydrogens is 310 g/mol. The molecule has 0 unspecified atom stereocenters. The molecule has 0 aliphatic carbocycles. The van der Waals surface area contributed by atoms with Crippen molar-refractivity contribution in [2.45, 2.75) is 13.8 Å². The third kappa shape index (κ3) is 4.67. The van der Waals surface area contributed by atoms with Crippen LogP contribution in [0.2, 0.25) is 0 Å². The third-order valence-corrected chi connectivity index (χ3v) is 3.00. The summed E-state index contributed by atoms with van der Waals surface area (Å²) in [4.78, 5) is 26.2. The van der Waals surface area contributed by atoms with E-state index in [-0.39, 0.29) is 5.56 Å². The van der Waals surface area contributed by atoms with Gasteiger partial charge in [0.2, 0.25) is 0 Å². The number of hydrogen-bond acceptors (Lipinski definition) is 5. The quantitative estimate of drug-likeness (QED) is 0.499. The topological polar surface area (TPSA) is 85.2 Å². The number of carbonyl (C=O) groups excluding carboxylic acids is 1. The van der Waals surface area contributed by atoms with Crippen LogP contribution in [0.1, 0.15) is 29.8 Å². The molecule has 124 valence electrons. The zero-order valence-corrected chi connectivity index (χ0v) is 13.4. The molecule has 0 bridgehead atoms. The minimum Gasteiger partial charge on any atom is -0.490 e. The molecular formula is C18H17NO5. The zero-order valence-electron chi connectivity index (χ0n) is 13.4. The van der Waals surface area contributed by atoms with Crippen molar-refractivity contribution in [2.75, 3.05) is 6.61 Å². The lowest BCUT2D eigenvalue weighted by atomic mass is 10.2. The SMILES string of the molecule is CCOc1cc(C=Nc2ccc(C(=O)O)cc2)ccc1OC(C)=O. The number of carboxylic acids is 1. The van der Waals surface area contributed by atoms with E-state index in [1.165, 1.54) is 19.1 Å². The number of esters is 1. The maximum atomic E-state index is 11.1. The highest BCUT2D eigenvalue weighted by Crippen LogP contribution is 2.28. The minimum atomic E-state index is -0.979. The van der Waals surface area contributed by atoms with Gasteiger partial charge in [0.15, 0.2) is 11.5 Å². The van der Waals surface area contributed by atoms with E-state index < -0.39 is 11.9 Å². The normalized spacial score (nSPS) is 10.6. The van der Waals surface area contributed by atoms with E-state index in [2.05, 4.69) is 4.99 Å². The van der Waals surface area contributed by atoms with Gasteiger partial charge in [0.05, 0.1) is 17.9 Å². The van der Waals surface area contributed by atoms with Gasteiger partial charge in [-0.3, -0.25) is 9.79 Å². The summed E-state index contributed by atoms with van der Waals surface area (Å²) in [5.74, 6) is -0.589. The standard InChI is InChI=1S/C18H17NO5/c1-3-23-17-10-13(4-9-16(17)24-12(2)20)11-19-15-7-5-14(6-8-15)18(21)22/h4-11H,3H2,1-2H3,(H,21,22). The van der Waals surface area contributed by atoms with Crippen LogP contribution < -0.4 is 9.47 Å². The van der Waals surface area contributed by atoms with Gasteiger partial charge in [-0.05, 0) is 55.0 Å². The van der Waals surface area contributed by atoms with E-state index in [0.717, 1.165) is 5.56 Å². The van der Waals surface area contributed by atoms with Gasteiger partial charge in [0.1, 0.15) is 0 Å². The number of carboxylic acid groups (broad SMARTS) is 1. The Kier molecular flexibility index (Phi) is 5.68. The van der Waals surface area contributed by atoms with E-state index in [0.29, 0.717) is 23.8 Å². The molecule has 0 amide bonds. The molecule has 2 aromatic rings. The summed E-state index contributed by atoms with van der Waals surface area (Å²) < 4.78 is 10.6.